The number of nitrogen functional groups attached to an aromatic ring is 1. The second-order valence-corrected chi connectivity index (χ2v) is 5.42. The van der Waals surface area contributed by atoms with Crippen molar-refractivity contribution >= 4 is 17.4 Å². The molecular weight excluding hydrogens is 361 g/mol. The lowest BCUT2D eigenvalue weighted by molar-refractivity contribution is -0.141. The standard InChI is InChI=1S/C18H13F3N4O2/c19-18(20,21)14-8-7-13(10-23-14)27-16-6-2-5-15(24-16)25-17(26)11-3-1-4-12(22)9-11/h1-10H,22H2,(H,24,25,26). The van der Waals surface area contributed by atoms with Crippen LogP contribution in [-0.4, -0.2) is 15.9 Å². The Balaban J connectivity index is 1.71. The minimum atomic E-state index is -4.53. The molecule has 9 heteroatoms. The van der Waals surface area contributed by atoms with Crippen LogP contribution >= 0.6 is 0 Å². The first-order valence-electron chi connectivity index (χ1n) is 7.66. The number of pyridine rings is 2. The van der Waals surface area contributed by atoms with Gasteiger partial charge in [-0.3, -0.25) is 4.79 Å². The Labute approximate surface area is 151 Å². The largest absolute Gasteiger partial charge is 0.437 e. The number of rotatable bonds is 4. The van der Waals surface area contributed by atoms with E-state index >= 15 is 0 Å². The Hall–Kier alpha value is -3.62. The molecule has 3 N–H and O–H groups in total. The number of nitrogens with one attached hydrogen (secondary N) is 1. The molecule has 0 saturated heterocycles. The van der Waals surface area contributed by atoms with E-state index in [1.165, 1.54) is 12.1 Å². The van der Waals surface area contributed by atoms with Crippen LogP contribution in [0.5, 0.6) is 11.6 Å². The van der Waals surface area contributed by atoms with E-state index < -0.39 is 17.8 Å². The Morgan fingerprint density at radius 2 is 1.85 bits per heavy atom. The van der Waals surface area contributed by atoms with Gasteiger partial charge in [-0.2, -0.15) is 18.2 Å². The van der Waals surface area contributed by atoms with Gasteiger partial charge in [0.15, 0.2) is 0 Å². The smallest absolute Gasteiger partial charge is 0.433 e. The summed E-state index contributed by atoms with van der Waals surface area (Å²) in [6.45, 7) is 0. The van der Waals surface area contributed by atoms with Gasteiger partial charge in [0.25, 0.3) is 5.91 Å². The highest BCUT2D eigenvalue weighted by molar-refractivity contribution is 6.04. The SMILES string of the molecule is Nc1cccc(C(=O)Nc2cccc(Oc3ccc(C(F)(F)F)nc3)n2)c1. The molecule has 0 unspecified atom stereocenters. The number of nitrogens with zero attached hydrogens (tertiary/aromatic N) is 2. The van der Waals surface area contributed by atoms with E-state index in [2.05, 4.69) is 15.3 Å². The number of halogens is 3. The first-order valence-corrected chi connectivity index (χ1v) is 7.66. The number of nitrogens with two attached hydrogens (primary N) is 1. The van der Waals surface area contributed by atoms with Crippen LogP contribution in [0.4, 0.5) is 24.7 Å². The van der Waals surface area contributed by atoms with Crippen LogP contribution in [0, 0.1) is 0 Å². The third kappa shape index (κ3) is 4.72. The average Bonchev–Trinajstić information content (AvgIpc) is 2.62. The van der Waals surface area contributed by atoms with Crippen molar-refractivity contribution in [3.63, 3.8) is 0 Å². The van der Waals surface area contributed by atoms with Gasteiger partial charge < -0.3 is 15.8 Å². The van der Waals surface area contributed by atoms with Gasteiger partial charge in [0.2, 0.25) is 5.88 Å². The molecule has 0 saturated carbocycles. The second-order valence-electron chi connectivity index (χ2n) is 5.42. The summed E-state index contributed by atoms with van der Waals surface area (Å²) in [7, 11) is 0. The van der Waals surface area contributed by atoms with E-state index in [-0.39, 0.29) is 17.4 Å². The van der Waals surface area contributed by atoms with Crippen LogP contribution in [0.25, 0.3) is 0 Å². The van der Waals surface area contributed by atoms with E-state index in [0.29, 0.717) is 11.3 Å². The molecular formula is C18H13F3N4O2. The number of benzene rings is 1. The monoisotopic (exact) mass is 374 g/mol. The van der Waals surface area contributed by atoms with Crippen molar-refractivity contribution in [2.45, 2.75) is 6.18 Å². The van der Waals surface area contributed by atoms with Crippen LogP contribution in [-0.2, 0) is 6.18 Å². The van der Waals surface area contributed by atoms with Crippen molar-refractivity contribution in [3.05, 3.63) is 72.1 Å². The number of alkyl halides is 3. The fraction of sp³-hybridized carbons (Fsp3) is 0.0556. The van der Waals surface area contributed by atoms with Gasteiger partial charge in [-0.1, -0.05) is 12.1 Å². The highest BCUT2D eigenvalue weighted by atomic mass is 19.4. The van der Waals surface area contributed by atoms with Crippen molar-refractivity contribution in [2.24, 2.45) is 0 Å². The molecule has 0 aliphatic carbocycles. The molecule has 0 aliphatic heterocycles. The van der Waals surface area contributed by atoms with E-state index in [1.807, 2.05) is 0 Å². The zero-order chi connectivity index (χ0) is 19.4. The Morgan fingerprint density at radius 1 is 1.07 bits per heavy atom. The van der Waals surface area contributed by atoms with Gasteiger partial charge >= 0.3 is 6.18 Å². The number of carbonyl (C=O) groups excluding carboxylic acids is 1. The van der Waals surface area contributed by atoms with Crippen LogP contribution in [0.3, 0.4) is 0 Å². The van der Waals surface area contributed by atoms with Crippen LogP contribution in [0.2, 0.25) is 0 Å². The molecule has 0 bridgehead atoms. The number of carbonyl (C=O) groups is 1. The van der Waals surface area contributed by atoms with Crippen molar-refractivity contribution in [3.8, 4) is 11.6 Å². The Kier molecular flexibility index (Phi) is 4.93. The van der Waals surface area contributed by atoms with Crippen LogP contribution in [0.1, 0.15) is 16.1 Å². The fourth-order valence-electron chi connectivity index (χ4n) is 2.14. The molecule has 0 fully saturated rings. The molecule has 3 aromatic rings. The van der Waals surface area contributed by atoms with Gasteiger partial charge in [0.1, 0.15) is 17.3 Å². The molecule has 2 aromatic heterocycles. The summed E-state index contributed by atoms with van der Waals surface area (Å²) in [6.07, 6.45) is -3.58. The van der Waals surface area contributed by atoms with E-state index in [1.54, 1.807) is 30.3 Å². The molecule has 0 aliphatic rings. The summed E-state index contributed by atoms with van der Waals surface area (Å²) in [4.78, 5) is 19.6. The molecule has 0 radical (unpaired) electrons. The summed E-state index contributed by atoms with van der Waals surface area (Å²) in [5.74, 6) is -0.0420. The van der Waals surface area contributed by atoms with Gasteiger partial charge in [-0.25, -0.2) is 4.98 Å². The minimum Gasteiger partial charge on any atom is -0.437 e. The summed E-state index contributed by atoms with van der Waals surface area (Å²) in [5.41, 5.74) is 5.43. The van der Waals surface area contributed by atoms with Crippen LogP contribution in [0.15, 0.2) is 60.8 Å². The molecule has 2 heterocycles. The number of hydrogen-bond acceptors (Lipinski definition) is 5. The highest BCUT2D eigenvalue weighted by Crippen LogP contribution is 2.29. The van der Waals surface area contributed by atoms with Crippen LogP contribution < -0.4 is 15.8 Å². The van der Waals surface area contributed by atoms with E-state index in [9.17, 15) is 18.0 Å². The van der Waals surface area contributed by atoms with Crippen molar-refractivity contribution in [1.29, 1.82) is 0 Å². The maximum Gasteiger partial charge on any atom is 0.433 e. The number of anilines is 2. The van der Waals surface area contributed by atoms with Crippen molar-refractivity contribution < 1.29 is 22.7 Å². The molecule has 1 amide bonds. The molecule has 3 rings (SSSR count). The summed E-state index contributed by atoms with van der Waals surface area (Å²) < 4.78 is 42.9. The first kappa shape index (κ1) is 18.2. The average molecular weight is 374 g/mol. The topological polar surface area (TPSA) is 90.1 Å². The fourth-order valence-corrected chi connectivity index (χ4v) is 2.14. The van der Waals surface area contributed by atoms with Crippen molar-refractivity contribution in [2.75, 3.05) is 11.1 Å². The Bertz CT molecular complexity index is 959. The lowest BCUT2D eigenvalue weighted by Crippen LogP contribution is -2.13. The van der Waals surface area contributed by atoms with Gasteiger partial charge in [0, 0.05) is 17.3 Å². The number of hydrogen-bond donors (Lipinski definition) is 2. The zero-order valence-electron chi connectivity index (χ0n) is 13.7. The number of amides is 1. The number of ether oxygens (including phenoxy) is 1. The number of aromatic nitrogens is 2. The molecule has 0 atom stereocenters. The molecule has 27 heavy (non-hydrogen) atoms. The Morgan fingerprint density at radius 3 is 2.52 bits per heavy atom. The normalized spacial score (nSPS) is 11.1. The van der Waals surface area contributed by atoms with Crippen molar-refractivity contribution in [1.82, 2.24) is 9.97 Å². The van der Waals surface area contributed by atoms with E-state index in [0.717, 1.165) is 18.3 Å². The highest BCUT2D eigenvalue weighted by Gasteiger charge is 2.32. The summed E-state index contributed by atoms with van der Waals surface area (Å²) in [6, 6.07) is 13.0. The lowest BCUT2D eigenvalue weighted by Gasteiger charge is -2.09. The predicted octanol–water partition coefficient (Wildman–Crippen LogP) is 4.12. The lowest BCUT2D eigenvalue weighted by atomic mass is 10.2. The van der Waals surface area contributed by atoms with E-state index in [4.69, 9.17) is 10.5 Å². The quantitative estimate of drug-likeness (QED) is 0.671. The molecule has 138 valence electrons. The first-order chi connectivity index (χ1) is 12.8. The zero-order valence-corrected chi connectivity index (χ0v) is 13.7. The second kappa shape index (κ2) is 7.32. The third-order valence-electron chi connectivity index (χ3n) is 3.36. The third-order valence-corrected chi connectivity index (χ3v) is 3.36. The van der Waals surface area contributed by atoms with Gasteiger partial charge in [-0.15, -0.1) is 0 Å². The minimum absolute atomic E-state index is 0.0785. The molecule has 0 spiro atoms. The predicted molar refractivity (Wildman–Crippen MR) is 92.4 cm³/mol. The maximum absolute atomic E-state index is 12.5. The van der Waals surface area contributed by atoms with Gasteiger partial charge in [0.05, 0.1) is 6.20 Å². The molecule has 1 aromatic carbocycles. The molecule has 6 nitrogen and oxygen atoms in total. The van der Waals surface area contributed by atoms with Gasteiger partial charge in [-0.05, 0) is 36.4 Å². The summed E-state index contributed by atoms with van der Waals surface area (Å²) >= 11 is 0. The summed E-state index contributed by atoms with van der Waals surface area (Å²) in [5, 5.41) is 2.59. The maximum atomic E-state index is 12.5.